The molecule has 2 aromatic rings. The summed E-state index contributed by atoms with van der Waals surface area (Å²) in [6.45, 7) is 6.53. The van der Waals surface area contributed by atoms with Crippen LogP contribution in [0.2, 0.25) is 0 Å². The number of hydrogen-bond donors (Lipinski definition) is 4. The quantitative estimate of drug-likeness (QED) is 0.366. The van der Waals surface area contributed by atoms with Crippen molar-refractivity contribution in [2.24, 2.45) is 22.7 Å². The highest BCUT2D eigenvalue weighted by atomic mass is 32.2. The Morgan fingerprint density at radius 3 is 2.74 bits per heavy atom. The molecule has 2 spiro atoms. The molecule has 1 saturated heterocycles. The van der Waals surface area contributed by atoms with Crippen molar-refractivity contribution in [3.8, 4) is 0 Å². The molecular weight excluding hydrogens is 562 g/mol. The van der Waals surface area contributed by atoms with E-state index in [1.165, 1.54) is 37.6 Å². The summed E-state index contributed by atoms with van der Waals surface area (Å²) in [5.41, 5.74) is 4.65. The largest absolute Gasteiger partial charge is 0.390 e. The Bertz CT molecular complexity index is 1440. The SMILES string of the molecule is CC1(C)CC2CCCNc3cccc(n3)SNC(=O)c3ccc(N4C=CC(OCC(O)C5C6(CC6)C56CC6)N4)nc3N1C2. The second-order valence-electron chi connectivity index (χ2n) is 13.9. The first-order valence-electron chi connectivity index (χ1n) is 15.8. The first kappa shape index (κ1) is 27.7. The van der Waals surface area contributed by atoms with Crippen LogP contribution in [0.1, 0.15) is 69.2 Å². The van der Waals surface area contributed by atoms with Gasteiger partial charge in [-0.3, -0.25) is 14.5 Å². The lowest BCUT2D eigenvalue weighted by molar-refractivity contribution is -0.0127. The summed E-state index contributed by atoms with van der Waals surface area (Å²) in [4.78, 5) is 25.6. The molecule has 3 aliphatic heterocycles. The molecule has 4 bridgehead atoms. The number of aromatic nitrogens is 2. The fourth-order valence-electron chi connectivity index (χ4n) is 8.56. The van der Waals surface area contributed by atoms with Crippen LogP contribution in [0.3, 0.4) is 0 Å². The predicted octanol–water partition coefficient (Wildman–Crippen LogP) is 4.46. The minimum absolute atomic E-state index is 0.147. The van der Waals surface area contributed by atoms with Crippen molar-refractivity contribution in [1.29, 1.82) is 0 Å². The summed E-state index contributed by atoms with van der Waals surface area (Å²) in [6, 6.07) is 9.54. The van der Waals surface area contributed by atoms with E-state index in [-0.39, 0.29) is 17.7 Å². The topological polar surface area (TPSA) is 115 Å². The van der Waals surface area contributed by atoms with Crippen LogP contribution >= 0.6 is 11.9 Å². The van der Waals surface area contributed by atoms with Crippen LogP contribution in [0, 0.1) is 22.7 Å². The number of carbonyl (C=O) groups excluding carboxylic acids is 1. The number of amides is 1. The van der Waals surface area contributed by atoms with E-state index in [0.29, 0.717) is 46.5 Å². The minimum Gasteiger partial charge on any atom is -0.390 e. The maximum atomic E-state index is 13.6. The van der Waals surface area contributed by atoms with E-state index in [1.807, 2.05) is 47.6 Å². The lowest BCUT2D eigenvalue weighted by atomic mass is 9.93. The van der Waals surface area contributed by atoms with Gasteiger partial charge in [0.15, 0.2) is 0 Å². The second-order valence-corrected chi connectivity index (χ2v) is 14.8. The van der Waals surface area contributed by atoms with Gasteiger partial charge in [-0.15, -0.1) is 0 Å². The molecule has 3 saturated carbocycles. The molecule has 4 N–H and O–H groups in total. The van der Waals surface area contributed by atoms with Crippen molar-refractivity contribution < 1.29 is 14.6 Å². The van der Waals surface area contributed by atoms with Crippen molar-refractivity contribution in [2.45, 2.75) is 81.7 Å². The third kappa shape index (κ3) is 4.79. The Kier molecular flexibility index (Phi) is 6.49. The highest BCUT2D eigenvalue weighted by molar-refractivity contribution is 7.97. The zero-order valence-corrected chi connectivity index (χ0v) is 25.7. The number of aliphatic hydroxyl groups excluding tert-OH is 1. The monoisotopic (exact) mass is 603 g/mol. The van der Waals surface area contributed by atoms with E-state index in [1.54, 1.807) is 0 Å². The summed E-state index contributed by atoms with van der Waals surface area (Å²) in [7, 11) is 0. The summed E-state index contributed by atoms with van der Waals surface area (Å²) in [6.07, 6.45) is 11.4. The Hall–Kier alpha value is -2.86. The standard InChI is InChI=1S/C32H41N7O3S/c1-30(2)17-20-5-4-15-33-23-6-3-7-26(34-23)43-37-29(41)21-8-9-24(35-28(21)38(30)18-20)39-16-10-25(36-39)42-19-22(40)27-31(11-12-31)32(27)13-14-32/h3,6-10,16,20,22,25,27,36,40H,4-5,11-15,17-19H2,1-2H3,(H,33,34)(H,37,41). The van der Waals surface area contributed by atoms with E-state index in [2.05, 4.69) is 39.2 Å². The van der Waals surface area contributed by atoms with Gasteiger partial charge in [-0.2, -0.15) is 5.43 Å². The number of anilines is 3. The third-order valence-corrected chi connectivity index (χ3v) is 11.5. The lowest BCUT2D eigenvalue weighted by Gasteiger charge is -2.34. The van der Waals surface area contributed by atoms with E-state index in [0.717, 1.165) is 43.2 Å². The van der Waals surface area contributed by atoms with Gasteiger partial charge >= 0.3 is 0 Å². The molecule has 3 aliphatic carbocycles. The fraction of sp³-hybridized carbons (Fsp3) is 0.594. The number of hydrogen-bond acceptors (Lipinski definition) is 10. The number of nitrogens with zero attached hydrogens (tertiary/aromatic N) is 4. The van der Waals surface area contributed by atoms with Gasteiger partial charge in [-0.05, 0) is 112 Å². The Balaban J connectivity index is 1.00. The van der Waals surface area contributed by atoms with Gasteiger partial charge in [0.05, 0.1) is 18.3 Å². The van der Waals surface area contributed by atoms with E-state index in [4.69, 9.17) is 9.72 Å². The van der Waals surface area contributed by atoms with Crippen LogP contribution in [-0.4, -0.2) is 58.5 Å². The molecule has 11 heteroatoms. The van der Waals surface area contributed by atoms with E-state index in [9.17, 15) is 9.90 Å². The van der Waals surface area contributed by atoms with E-state index < -0.39 is 6.10 Å². The fourth-order valence-corrected chi connectivity index (χ4v) is 9.16. The zero-order valence-electron chi connectivity index (χ0n) is 24.9. The molecule has 10 nitrogen and oxygen atoms in total. The zero-order chi connectivity index (χ0) is 29.4. The van der Waals surface area contributed by atoms with Gasteiger partial charge in [-0.1, -0.05) is 6.07 Å². The second kappa shape index (κ2) is 10.1. The molecule has 0 radical (unpaired) electrons. The highest BCUT2D eigenvalue weighted by Gasteiger charge is 2.87. The van der Waals surface area contributed by atoms with Crippen LogP contribution in [0.4, 0.5) is 17.5 Å². The number of rotatable bonds is 5. The minimum atomic E-state index is -0.405. The first-order valence-corrected chi connectivity index (χ1v) is 16.6. The number of hydrazine groups is 1. The lowest BCUT2D eigenvalue weighted by Crippen LogP contribution is -2.41. The smallest absolute Gasteiger partial charge is 0.265 e. The molecular formula is C32H41N7O3S. The number of ether oxygens (including phenoxy) is 1. The maximum Gasteiger partial charge on any atom is 0.265 e. The molecule has 3 atom stereocenters. The van der Waals surface area contributed by atoms with Crippen LogP contribution < -0.4 is 25.4 Å². The Morgan fingerprint density at radius 2 is 1.95 bits per heavy atom. The molecule has 43 heavy (non-hydrogen) atoms. The molecule has 2 aromatic heterocycles. The number of carbonyl (C=O) groups is 1. The van der Waals surface area contributed by atoms with Crippen LogP contribution in [-0.2, 0) is 4.74 Å². The Morgan fingerprint density at radius 1 is 1.14 bits per heavy atom. The van der Waals surface area contributed by atoms with Gasteiger partial charge in [0.25, 0.3) is 5.91 Å². The van der Waals surface area contributed by atoms with Gasteiger partial charge in [-0.25, -0.2) is 9.97 Å². The highest BCUT2D eigenvalue weighted by Crippen LogP contribution is 2.93. The van der Waals surface area contributed by atoms with Gasteiger partial charge in [0, 0.05) is 36.8 Å². The summed E-state index contributed by atoms with van der Waals surface area (Å²) in [5.74, 6) is 2.92. The van der Waals surface area contributed by atoms with E-state index >= 15 is 0 Å². The normalized spacial score (nSPS) is 28.6. The van der Waals surface area contributed by atoms with Crippen LogP contribution in [0.25, 0.3) is 0 Å². The number of fused-ring (bicyclic) bond motifs is 7. The number of aliphatic hydroxyl groups is 1. The summed E-state index contributed by atoms with van der Waals surface area (Å²) in [5, 5.41) is 16.9. The molecule has 8 rings (SSSR count). The van der Waals surface area contributed by atoms with Crippen molar-refractivity contribution in [3.63, 3.8) is 0 Å². The third-order valence-electron chi connectivity index (χ3n) is 10.8. The average Bonchev–Trinajstić information content (AvgIpc) is 3.95. The molecule has 228 valence electrons. The molecule has 1 amide bonds. The molecule has 4 fully saturated rings. The van der Waals surface area contributed by atoms with Crippen molar-refractivity contribution in [1.82, 2.24) is 20.1 Å². The maximum absolute atomic E-state index is 13.6. The Labute approximate surface area is 257 Å². The molecule has 6 aliphatic rings. The first-order chi connectivity index (χ1) is 20.8. The molecule has 3 unspecified atom stereocenters. The average molecular weight is 604 g/mol. The van der Waals surface area contributed by atoms with Gasteiger partial charge < -0.3 is 20.1 Å². The van der Waals surface area contributed by atoms with Crippen LogP contribution in [0.15, 0.2) is 47.6 Å². The van der Waals surface area contributed by atoms with Gasteiger partial charge in [0.1, 0.15) is 28.7 Å². The number of nitrogens with one attached hydrogen (secondary N) is 3. The predicted molar refractivity (Wildman–Crippen MR) is 166 cm³/mol. The van der Waals surface area contributed by atoms with Crippen LogP contribution in [0.5, 0.6) is 0 Å². The molecule has 0 aromatic carbocycles. The summed E-state index contributed by atoms with van der Waals surface area (Å²) >= 11 is 1.22. The van der Waals surface area contributed by atoms with Gasteiger partial charge in [0.2, 0.25) is 0 Å². The summed E-state index contributed by atoms with van der Waals surface area (Å²) < 4.78 is 9.10. The van der Waals surface area contributed by atoms with Crippen molar-refractivity contribution in [3.05, 3.63) is 48.2 Å². The number of pyridine rings is 2. The molecule has 5 heterocycles. The van der Waals surface area contributed by atoms with Crippen molar-refractivity contribution in [2.75, 3.05) is 34.9 Å². The van der Waals surface area contributed by atoms with Crippen molar-refractivity contribution >= 4 is 35.3 Å².